The van der Waals surface area contributed by atoms with E-state index < -0.39 is 0 Å². The number of hydrogen-bond donors (Lipinski definition) is 2. The van der Waals surface area contributed by atoms with Crippen molar-refractivity contribution in [3.05, 3.63) is 29.3 Å². The van der Waals surface area contributed by atoms with Gasteiger partial charge in [0.25, 0.3) is 5.91 Å². The lowest BCUT2D eigenvalue weighted by atomic mass is 10.1. The lowest BCUT2D eigenvalue weighted by Gasteiger charge is -2.08. The van der Waals surface area contributed by atoms with Crippen molar-refractivity contribution in [2.75, 3.05) is 12.3 Å². The first-order valence-electron chi connectivity index (χ1n) is 6.31. The minimum Gasteiger partial charge on any atom is -0.399 e. The first kappa shape index (κ1) is 12.0. The summed E-state index contributed by atoms with van der Waals surface area (Å²) in [6, 6.07) is 5.44. The van der Waals surface area contributed by atoms with Crippen molar-refractivity contribution in [3.8, 4) is 0 Å². The van der Waals surface area contributed by atoms with Crippen LogP contribution in [0.25, 0.3) is 0 Å². The normalized spacial score (nSPS) is 14.6. The predicted molar refractivity (Wildman–Crippen MR) is 69.9 cm³/mol. The molecule has 1 fully saturated rings. The molecule has 0 bridgehead atoms. The number of nitrogens with two attached hydrogens (primary N) is 1. The van der Waals surface area contributed by atoms with Crippen LogP contribution in [0.3, 0.4) is 0 Å². The van der Waals surface area contributed by atoms with E-state index in [0.717, 1.165) is 24.4 Å². The van der Waals surface area contributed by atoms with Crippen LogP contribution in [0.1, 0.15) is 41.6 Å². The molecule has 1 amide bonds. The molecule has 3 heteroatoms. The first-order chi connectivity index (χ1) is 8.16. The van der Waals surface area contributed by atoms with Crippen LogP contribution >= 0.6 is 0 Å². The molecule has 3 nitrogen and oxygen atoms in total. The lowest BCUT2D eigenvalue weighted by molar-refractivity contribution is 0.0952. The van der Waals surface area contributed by atoms with Crippen molar-refractivity contribution >= 4 is 11.6 Å². The number of nitrogens with one attached hydrogen (secondary N) is 1. The Kier molecular flexibility index (Phi) is 3.67. The van der Waals surface area contributed by atoms with Crippen LogP contribution < -0.4 is 11.1 Å². The maximum atomic E-state index is 11.9. The fraction of sp³-hybridized carbons (Fsp3) is 0.500. The van der Waals surface area contributed by atoms with Gasteiger partial charge < -0.3 is 11.1 Å². The van der Waals surface area contributed by atoms with Gasteiger partial charge in [0.1, 0.15) is 0 Å². The molecule has 0 unspecified atom stereocenters. The van der Waals surface area contributed by atoms with Crippen LogP contribution in [0.2, 0.25) is 0 Å². The van der Waals surface area contributed by atoms with Gasteiger partial charge in [-0.15, -0.1) is 0 Å². The van der Waals surface area contributed by atoms with Gasteiger partial charge in [0.2, 0.25) is 0 Å². The highest BCUT2D eigenvalue weighted by Gasteiger charge is 2.20. The molecular formula is C14H20N2O. The number of carbonyl (C=O) groups is 1. The Morgan fingerprint density at radius 1 is 1.47 bits per heavy atom. The molecule has 1 aliphatic carbocycles. The van der Waals surface area contributed by atoms with Crippen LogP contribution in [0.4, 0.5) is 5.69 Å². The molecular weight excluding hydrogens is 212 g/mol. The topological polar surface area (TPSA) is 55.1 Å². The molecule has 92 valence electrons. The summed E-state index contributed by atoms with van der Waals surface area (Å²) in [6.07, 6.45) is 5.08. The zero-order valence-electron chi connectivity index (χ0n) is 10.3. The first-order valence-corrected chi connectivity index (χ1v) is 6.31. The zero-order chi connectivity index (χ0) is 12.3. The molecule has 1 aromatic rings. The molecule has 0 radical (unpaired) electrons. The number of amides is 1. The number of nitrogen functional groups attached to an aromatic ring is 1. The summed E-state index contributed by atoms with van der Waals surface area (Å²) in [6.45, 7) is 2.70. The molecule has 1 aromatic carbocycles. The maximum absolute atomic E-state index is 11.9. The highest BCUT2D eigenvalue weighted by atomic mass is 16.1. The molecule has 1 aliphatic rings. The Balaban J connectivity index is 1.82. The smallest absolute Gasteiger partial charge is 0.251 e. The largest absolute Gasteiger partial charge is 0.399 e. The van der Waals surface area contributed by atoms with Crippen molar-refractivity contribution in [2.24, 2.45) is 5.92 Å². The molecule has 0 aromatic heterocycles. The van der Waals surface area contributed by atoms with Gasteiger partial charge in [-0.1, -0.05) is 18.9 Å². The highest BCUT2D eigenvalue weighted by molar-refractivity contribution is 5.96. The summed E-state index contributed by atoms with van der Waals surface area (Å²) < 4.78 is 0. The highest BCUT2D eigenvalue weighted by Crippen LogP contribution is 2.33. The Hall–Kier alpha value is -1.51. The van der Waals surface area contributed by atoms with Gasteiger partial charge in [0.15, 0.2) is 0 Å². The third kappa shape index (κ3) is 3.48. The number of hydrogen-bond acceptors (Lipinski definition) is 2. The molecule has 2 rings (SSSR count). The van der Waals surface area contributed by atoms with E-state index in [1.54, 1.807) is 6.07 Å². The second-order valence-electron chi connectivity index (χ2n) is 4.92. The predicted octanol–water partition coefficient (Wildman–Crippen LogP) is 2.50. The van der Waals surface area contributed by atoms with Crippen molar-refractivity contribution < 1.29 is 4.79 Å². The summed E-state index contributed by atoms with van der Waals surface area (Å²) >= 11 is 0. The molecule has 0 atom stereocenters. The summed E-state index contributed by atoms with van der Waals surface area (Å²) in [5.74, 6) is 0.923. The van der Waals surface area contributed by atoms with E-state index in [1.165, 1.54) is 19.3 Å². The average Bonchev–Trinajstić information content (AvgIpc) is 3.11. The Morgan fingerprint density at radius 3 is 2.94 bits per heavy atom. The van der Waals surface area contributed by atoms with Gasteiger partial charge in [0.05, 0.1) is 0 Å². The molecule has 0 spiro atoms. The fourth-order valence-corrected chi connectivity index (χ4v) is 1.98. The third-order valence-electron chi connectivity index (χ3n) is 3.28. The molecule has 3 N–H and O–H groups in total. The van der Waals surface area contributed by atoms with Crippen LogP contribution in [-0.2, 0) is 0 Å². The summed E-state index contributed by atoms with van der Waals surface area (Å²) in [7, 11) is 0. The minimum atomic E-state index is -0.00871. The Bertz CT molecular complexity index is 411. The SMILES string of the molecule is Cc1ccc(N)cc1C(=O)NCCCC1CC1. The van der Waals surface area contributed by atoms with Crippen LogP contribution in [0.5, 0.6) is 0 Å². The molecule has 17 heavy (non-hydrogen) atoms. The average molecular weight is 232 g/mol. The maximum Gasteiger partial charge on any atom is 0.251 e. The van der Waals surface area contributed by atoms with E-state index in [4.69, 9.17) is 5.73 Å². The number of rotatable bonds is 5. The van der Waals surface area contributed by atoms with Crippen molar-refractivity contribution in [3.63, 3.8) is 0 Å². The molecule has 0 aliphatic heterocycles. The number of aryl methyl sites for hydroxylation is 1. The third-order valence-corrected chi connectivity index (χ3v) is 3.28. The van der Waals surface area contributed by atoms with Crippen LogP contribution in [0.15, 0.2) is 18.2 Å². The van der Waals surface area contributed by atoms with Crippen molar-refractivity contribution in [1.82, 2.24) is 5.32 Å². The van der Waals surface area contributed by atoms with E-state index >= 15 is 0 Å². The Morgan fingerprint density at radius 2 is 2.24 bits per heavy atom. The van der Waals surface area contributed by atoms with Crippen LogP contribution in [-0.4, -0.2) is 12.5 Å². The Labute approximate surface area is 102 Å². The minimum absolute atomic E-state index is 0.00871. The monoisotopic (exact) mass is 232 g/mol. The zero-order valence-corrected chi connectivity index (χ0v) is 10.3. The number of carbonyl (C=O) groups excluding carboxylic acids is 1. The van der Waals surface area contributed by atoms with Crippen molar-refractivity contribution in [1.29, 1.82) is 0 Å². The number of benzene rings is 1. The standard InChI is InChI=1S/C14H20N2O/c1-10-4-7-12(15)9-13(10)14(17)16-8-2-3-11-5-6-11/h4,7,9,11H,2-3,5-6,8,15H2,1H3,(H,16,17). The van der Waals surface area contributed by atoms with E-state index in [1.807, 2.05) is 19.1 Å². The van der Waals surface area contributed by atoms with Gasteiger partial charge in [-0.2, -0.15) is 0 Å². The van der Waals surface area contributed by atoms with Gasteiger partial charge >= 0.3 is 0 Å². The molecule has 0 saturated heterocycles. The summed E-state index contributed by atoms with van der Waals surface area (Å²) in [5.41, 5.74) is 7.99. The second kappa shape index (κ2) is 5.21. The molecule has 1 saturated carbocycles. The van der Waals surface area contributed by atoms with E-state index in [2.05, 4.69) is 5.32 Å². The van der Waals surface area contributed by atoms with Gasteiger partial charge in [0, 0.05) is 17.8 Å². The summed E-state index contributed by atoms with van der Waals surface area (Å²) in [5, 5.41) is 2.96. The van der Waals surface area contributed by atoms with Gasteiger partial charge in [-0.25, -0.2) is 0 Å². The van der Waals surface area contributed by atoms with Crippen LogP contribution in [0, 0.1) is 12.8 Å². The van der Waals surface area contributed by atoms with Gasteiger partial charge in [-0.3, -0.25) is 4.79 Å². The second-order valence-corrected chi connectivity index (χ2v) is 4.92. The van der Waals surface area contributed by atoms with E-state index in [9.17, 15) is 4.79 Å². The fourth-order valence-electron chi connectivity index (χ4n) is 1.98. The van der Waals surface area contributed by atoms with Gasteiger partial charge in [-0.05, 0) is 43.4 Å². The van der Waals surface area contributed by atoms with E-state index in [0.29, 0.717) is 11.3 Å². The number of anilines is 1. The quantitative estimate of drug-likeness (QED) is 0.605. The summed E-state index contributed by atoms with van der Waals surface area (Å²) in [4.78, 5) is 11.9. The van der Waals surface area contributed by atoms with E-state index in [-0.39, 0.29) is 5.91 Å². The molecule has 0 heterocycles. The van der Waals surface area contributed by atoms with Crippen molar-refractivity contribution in [2.45, 2.75) is 32.6 Å². The lowest BCUT2D eigenvalue weighted by Crippen LogP contribution is -2.25.